The second-order valence-corrected chi connectivity index (χ2v) is 4.66. The van der Waals surface area contributed by atoms with E-state index >= 15 is 0 Å². The number of nitrogens with one attached hydrogen (secondary N) is 1. The molecule has 0 aliphatic heterocycles. The van der Waals surface area contributed by atoms with Crippen LogP contribution in [0.2, 0.25) is 0 Å². The fraction of sp³-hybridized carbons (Fsp3) is 0.188. The Kier molecular flexibility index (Phi) is 5.51. The molecular formula is C16H17N3O4. The molecule has 0 saturated heterocycles. The first-order valence-electron chi connectivity index (χ1n) is 6.96. The van der Waals surface area contributed by atoms with Gasteiger partial charge in [-0.3, -0.25) is 15.1 Å². The van der Waals surface area contributed by atoms with Crippen molar-refractivity contribution in [2.45, 2.75) is 0 Å². The highest BCUT2D eigenvalue weighted by atomic mass is 16.6. The van der Waals surface area contributed by atoms with Crippen molar-refractivity contribution in [3.05, 3.63) is 58.1 Å². The van der Waals surface area contributed by atoms with Gasteiger partial charge in [0.15, 0.2) is 0 Å². The van der Waals surface area contributed by atoms with Crippen LogP contribution in [0.4, 0.5) is 11.4 Å². The summed E-state index contributed by atoms with van der Waals surface area (Å²) in [6, 6.07) is 11.3. The fourth-order valence-corrected chi connectivity index (χ4v) is 1.96. The number of methoxy groups -OCH3 is 1. The van der Waals surface area contributed by atoms with Gasteiger partial charge >= 0.3 is 0 Å². The van der Waals surface area contributed by atoms with Crippen molar-refractivity contribution < 1.29 is 14.8 Å². The van der Waals surface area contributed by atoms with Gasteiger partial charge in [-0.2, -0.15) is 0 Å². The van der Waals surface area contributed by atoms with Crippen LogP contribution in [0, 0.1) is 10.1 Å². The van der Waals surface area contributed by atoms with E-state index in [2.05, 4.69) is 10.3 Å². The quantitative estimate of drug-likeness (QED) is 0.354. The molecule has 0 aliphatic carbocycles. The van der Waals surface area contributed by atoms with Gasteiger partial charge in [-0.1, -0.05) is 12.1 Å². The molecule has 23 heavy (non-hydrogen) atoms. The van der Waals surface area contributed by atoms with Gasteiger partial charge in [0, 0.05) is 24.4 Å². The molecule has 0 heterocycles. The van der Waals surface area contributed by atoms with E-state index in [1.54, 1.807) is 43.7 Å². The second-order valence-electron chi connectivity index (χ2n) is 4.66. The van der Waals surface area contributed by atoms with E-state index in [0.717, 1.165) is 0 Å². The van der Waals surface area contributed by atoms with Crippen molar-refractivity contribution in [1.82, 2.24) is 0 Å². The molecule has 0 atom stereocenters. The number of aromatic hydroxyl groups is 1. The monoisotopic (exact) mass is 315 g/mol. The average molecular weight is 315 g/mol. The van der Waals surface area contributed by atoms with E-state index in [9.17, 15) is 15.2 Å². The summed E-state index contributed by atoms with van der Waals surface area (Å²) in [6.45, 7) is 0.842. The molecule has 0 aromatic heterocycles. The molecular weight excluding hydrogens is 298 g/mol. The Morgan fingerprint density at radius 2 is 2.13 bits per heavy atom. The zero-order valence-corrected chi connectivity index (χ0v) is 12.6. The molecule has 0 saturated carbocycles. The van der Waals surface area contributed by atoms with E-state index in [-0.39, 0.29) is 11.4 Å². The van der Waals surface area contributed by atoms with Gasteiger partial charge in [0.2, 0.25) is 0 Å². The number of benzene rings is 2. The van der Waals surface area contributed by atoms with Crippen molar-refractivity contribution in [3.8, 4) is 11.5 Å². The van der Waals surface area contributed by atoms with Crippen LogP contribution in [-0.4, -0.2) is 36.4 Å². The Bertz CT molecular complexity index is 716. The molecule has 2 rings (SSSR count). The molecule has 0 amide bonds. The molecule has 2 N–H and O–H groups in total. The van der Waals surface area contributed by atoms with Gasteiger partial charge in [0.25, 0.3) is 5.69 Å². The van der Waals surface area contributed by atoms with E-state index in [1.165, 1.54) is 12.1 Å². The van der Waals surface area contributed by atoms with Gasteiger partial charge in [-0.25, -0.2) is 0 Å². The van der Waals surface area contributed by atoms with Crippen LogP contribution < -0.4 is 10.1 Å². The van der Waals surface area contributed by atoms with E-state index < -0.39 is 4.92 Å². The van der Waals surface area contributed by atoms with Gasteiger partial charge in [-0.15, -0.1) is 0 Å². The zero-order valence-electron chi connectivity index (χ0n) is 12.6. The maximum Gasteiger partial charge on any atom is 0.292 e. The summed E-state index contributed by atoms with van der Waals surface area (Å²) < 4.78 is 5.08. The Morgan fingerprint density at radius 1 is 1.35 bits per heavy atom. The Hall–Kier alpha value is -3.09. The Morgan fingerprint density at radius 3 is 2.87 bits per heavy atom. The number of nitro benzene ring substituents is 1. The Labute approximate surface area is 133 Å². The number of rotatable bonds is 7. The smallest absolute Gasteiger partial charge is 0.292 e. The third kappa shape index (κ3) is 4.44. The van der Waals surface area contributed by atoms with E-state index in [0.29, 0.717) is 30.1 Å². The summed E-state index contributed by atoms with van der Waals surface area (Å²) >= 11 is 0. The molecule has 7 heteroatoms. The summed E-state index contributed by atoms with van der Waals surface area (Å²) in [4.78, 5) is 14.7. The predicted octanol–water partition coefficient (Wildman–Crippen LogP) is 2.84. The number of nitrogens with zero attached hydrogens (tertiary/aromatic N) is 2. The first-order chi connectivity index (χ1) is 11.1. The molecule has 0 radical (unpaired) electrons. The number of phenolic OH excluding ortho intramolecular Hbond substituents is 1. The normalized spacial score (nSPS) is 10.7. The lowest BCUT2D eigenvalue weighted by atomic mass is 10.2. The van der Waals surface area contributed by atoms with E-state index in [4.69, 9.17) is 4.74 Å². The first-order valence-corrected chi connectivity index (χ1v) is 6.96. The molecule has 0 aliphatic rings. The summed E-state index contributed by atoms with van der Waals surface area (Å²) in [5.74, 6) is 0.739. The van der Waals surface area contributed by atoms with Crippen molar-refractivity contribution in [1.29, 1.82) is 0 Å². The van der Waals surface area contributed by atoms with Crippen molar-refractivity contribution in [2.24, 2.45) is 4.99 Å². The van der Waals surface area contributed by atoms with Crippen molar-refractivity contribution >= 4 is 17.6 Å². The number of ether oxygens (including phenoxy) is 1. The summed E-state index contributed by atoms with van der Waals surface area (Å²) in [7, 11) is 1.55. The van der Waals surface area contributed by atoms with E-state index in [1.807, 2.05) is 0 Å². The maximum atomic E-state index is 10.9. The lowest BCUT2D eigenvalue weighted by Crippen LogP contribution is -2.07. The molecule has 0 bridgehead atoms. The zero-order chi connectivity index (χ0) is 16.7. The van der Waals surface area contributed by atoms with Crippen LogP contribution in [0.5, 0.6) is 11.5 Å². The summed E-state index contributed by atoms with van der Waals surface area (Å²) in [6.07, 6.45) is 1.54. The maximum absolute atomic E-state index is 10.9. The highest BCUT2D eigenvalue weighted by molar-refractivity contribution is 5.84. The highest BCUT2D eigenvalue weighted by Crippen LogP contribution is 2.23. The minimum Gasteiger partial charge on any atom is -0.507 e. The van der Waals surface area contributed by atoms with Crippen LogP contribution in [0.15, 0.2) is 47.5 Å². The molecule has 120 valence electrons. The van der Waals surface area contributed by atoms with Gasteiger partial charge < -0.3 is 15.2 Å². The lowest BCUT2D eigenvalue weighted by Gasteiger charge is -2.05. The minimum atomic E-state index is -0.431. The third-order valence-electron chi connectivity index (χ3n) is 3.12. The average Bonchev–Trinajstić information content (AvgIpc) is 2.56. The molecule has 0 spiro atoms. The van der Waals surface area contributed by atoms with Crippen LogP contribution in [0.25, 0.3) is 0 Å². The molecule has 0 fully saturated rings. The molecule has 2 aromatic carbocycles. The van der Waals surface area contributed by atoms with Crippen LogP contribution in [0.1, 0.15) is 5.56 Å². The third-order valence-corrected chi connectivity index (χ3v) is 3.12. The van der Waals surface area contributed by atoms with Gasteiger partial charge in [0.1, 0.15) is 17.2 Å². The topological polar surface area (TPSA) is 97.0 Å². The summed E-state index contributed by atoms with van der Waals surface area (Å²) in [5, 5.41) is 23.6. The first kappa shape index (κ1) is 16.3. The number of para-hydroxylation sites is 2. The number of hydrogen-bond donors (Lipinski definition) is 2. The summed E-state index contributed by atoms with van der Waals surface area (Å²) in [5.41, 5.74) is 1.04. The minimum absolute atomic E-state index is 0.0296. The number of nitro groups is 1. The molecule has 0 unspecified atom stereocenters. The largest absolute Gasteiger partial charge is 0.507 e. The molecule has 2 aromatic rings. The van der Waals surface area contributed by atoms with Crippen LogP contribution in [0.3, 0.4) is 0 Å². The standard InChI is InChI=1S/C16H17N3O4/c1-23-13-6-7-16(20)12(10-13)11-17-8-9-18-14-4-2-3-5-15(14)19(21)22/h2-7,10-11,18,20H,8-9H2,1H3. The van der Waals surface area contributed by atoms with Crippen molar-refractivity contribution in [2.75, 3.05) is 25.5 Å². The SMILES string of the molecule is COc1ccc(O)c(C=NCCNc2ccccc2[N+](=O)[O-])c1. The Balaban J connectivity index is 1.92. The second kappa shape index (κ2) is 7.79. The van der Waals surface area contributed by atoms with Gasteiger partial charge in [-0.05, 0) is 24.3 Å². The van der Waals surface area contributed by atoms with Crippen LogP contribution in [-0.2, 0) is 0 Å². The number of aliphatic imine (C=N–C) groups is 1. The van der Waals surface area contributed by atoms with Gasteiger partial charge in [0.05, 0.1) is 18.6 Å². The highest BCUT2D eigenvalue weighted by Gasteiger charge is 2.10. The molecule has 7 nitrogen and oxygen atoms in total. The van der Waals surface area contributed by atoms with Crippen molar-refractivity contribution in [3.63, 3.8) is 0 Å². The predicted molar refractivity (Wildman–Crippen MR) is 88.7 cm³/mol. The lowest BCUT2D eigenvalue weighted by molar-refractivity contribution is -0.384. The number of hydrogen-bond acceptors (Lipinski definition) is 6. The fourth-order valence-electron chi connectivity index (χ4n) is 1.96. The number of phenols is 1. The number of anilines is 1. The van der Waals surface area contributed by atoms with Crippen LogP contribution >= 0.6 is 0 Å².